The third-order valence-electron chi connectivity index (χ3n) is 6.21. The van der Waals surface area contributed by atoms with Crippen LogP contribution in [0.3, 0.4) is 0 Å². The molecule has 0 saturated carbocycles. The van der Waals surface area contributed by atoms with Gasteiger partial charge in [0.1, 0.15) is 5.82 Å². The normalized spacial score (nSPS) is 14.5. The second-order valence-electron chi connectivity index (χ2n) is 9.15. The molecule has 2 aromatic carbocycles. The van der Waals surface area contributed by atoms with E-state index in [0.29, 0.717) is 31.7 Å². The predicted octanol–water partition coefficient (Wildman–Crippen LogP) is 2.78. The van der Waals surface area contributed by atoms with Crippen LogP contribution in [0, 0.1) is 0 Å². The van der Waals surface area contributed by atoms with Gasteiger partial charge in [0, 0.05) is 51.4 Å². The Balaban J connectivity index is 1.29. The first-order valence-corrected chi connectivity index (χ1v) is 12.0. The molecule has 3 amide bonds. The fourth-order valence-electron chi connectivity index (χ4n) is 4.26. The number of nitrogens with zero attached hydrogens (tertiary/aromatic N) is 4. The van der Waals surface area contributed by atoms with Crippen molar-refractivity contribution in [3.63, 3.8) is 0 Å². The third-order valence-corrected chi connectivity index (χ3v) is 6.21. The molecule has 8 nitrogen and oxygen atoms in total. The molecule has 2 N–H and O–H groups in total. The molecular formula is C26H34N6O2. The van der Waals surface area contributed by atoms with Gasteiger partial charge in [0.2, 0.25) is 0 Å². The van der Waals surface area contributed by atoms with Crippen molar-refractivity contribution in [1.29, 1.82) is 0 Å². The lowest BCUT2D eigenvalue weighted by Gasteiger charge is -2.34. The van der Waals surface area contributed by atoms with E-state index in [2.05, 4.69) is 32.2 Å². The molecule has 0 spiro atoms. The van der Waals surface area contributed by atoms with Crippen LogP contribution in [0.4, 0.5) is 4.79 Å². The van der Waals surface area contributed by atoms with Crippen molar-refractivity contribution in [2.24, 2.45) is 7.05 Å². The van der Waals surface area contributed by atoms with Crippen LogP contribution < -0.4 is 10.6 Å². The van der Waals surface area contributed by atoms with Gasteiger partial charge in [0.05, 0.1) is 17.6 Å². The molecule has 180 valence electrons. The molecule has 1 aliphatic rings. The van der Waals surface area contributed by atoms with Crippen LogP contribution in [-0.2, 0) is 20.0 Å². The first kappa shape index (κ1) is 23.8. The van der Waals surface area contributed by atoms with E-state index in [1.165, 1.54) is 5.56 Å². The van der Waals surface area contributed by atoms with E-state index in [0.717, 1.165) is 36.4 Å². The van der Waals surface area contributed by atoms with E-state index in [-0.39, 0.29) is 18.0 Å². The Labute approximate surface area is 200 Å². The van der Waals surface area contributed by atoms with Gasteiger partial charge >= 0.3 is 6.03 Å². The molecular weight excluding hydrogens is 428 g/mol. The smallest absolute Gasteiger partial charge is 0.317 e. The van der Waals surface area contributed by atoms with Crippen LogP contribution in [0.25, 0.3) is 11.0 Å². The fraction of sp³-hybridized carbons (Fsp3) is 0.423. The van der Waals surface area contributed by atoms with Gasteiger partial charge in [-0.3, -0.25) is 9.69 Å². The number of aromatic nitrogens is 2. The molecule has 1 saturated heterocycles. The number of hydrogen-bond acceptors (Lipinski definition) is 4. The van der Waals surface area contributed by atoms with Crippen molar-refractivity contribution in [3.05, 3.63) is 65.5 Å². The molecule has 1 aromatic heterocycles. The second kappa shape index (κ2) is 10.7. The third kappa shape index (κ3) is 5.75. The minimum absolute atomic E-state index is 0.00511. The molecule has 3 aromatic rings. The Kier molecular flexibility index (Phi) is 7.47. The predicted molar refractivity (Wildman–Crippen MR) is 134 cm³/mol. The highest BCUT2D eigenvalue weighted by atomic mass is 16.2. The lowest BCUT2D eigenvalue weighted by molar-refractivity contribution is 0.0943. The molecule has 0 unspecified atom stereocenters. The van der Waals surface area contributed by atoms with Crippen LogP contribution in [-0.4, -0.2) is 70.1 Å². The van der Waals surface area contributed by atoms with Gasteiger partial charge in [0.25, 0.3) is 5.91 Å². The molecule has 4 rings (SSSR count). The number of piperazine rings is 1. The maximum Gasteiger partial charge on any atom is 0.317 e. The summed E-state index contributed by atoms with van der Waals surface area (Å²) in [5, 5.41) is 5.96. The van der Waals surface area contributed by atoms with Gasteiger partial charge in [0.15, 0.2) is 0 Å². The van der Waals surface area contributed by atoms with Crippen molar-refractivity contribution < 1.29 is 9.59 Å². The van der Waals surface area contributed by atoms with Gasteiger partial charge in [-0.2, -0.15) is 0 Å². The molecule has 8 heteroatoms. The number of hydrogen-bond donors (Lipinski definition) is 2. The number of imidazole rings is 1. The highest BCUT2D eigenvalue weighted by Gasteiger charge is 2.22. The minimum Gasteiger partial charge on any atom is -0.350 e. The van der Waals surface area contributed by atoms with Crippen LogP contribution >= 0.6 is 0 Å². The number of urea groups is 1. The van der Waals surface area contributed by atoms with Gasteiger partial charge in [-0.1, -0.05) is 30.3 Å². The average molecular weight is 463 g/mol. The van der Waals surface area contributed by atoms with E-state index >= 15 is 0 Å². The van der Waals surface area contributed by atoms with Crippen molar-refractivity contribution in [2.45, 2.75) is 32.9 Å². The molecule has 2 heterocycles. The summed E-state index contributed by atoms with van der Waals surface area (Å²) in [6, 6.07) is 15.9. The summed E-state index contributed by atoms with van der Waals surface area (Å²) in [7, 11) is 2.01. The molecule has 1 fully saturated rings. The summed E-state index contributed by atoms with van der Waals surface area (Å²) < 4.78 is 2.09. The fourth-order valence-corrected chi connectivity index (χ4v) is 4.26. The number of aryl methyl sites for hydroxylation is 1. The van der Waals surface area contributed by atoms with E-state index in [1.54, 1.807) is 0 Å². The monoisotopic (exact) mass is 462 g/mol. The Morgan fingerprint density at radius 3 is 2.47 bits per heavy atom. The molecule has 0 atom stereocenters. The lowest BCUT2D eigenvalue weighted by atomic mass is 10.1. The second-order valence-corrected chi connectivity index (χ2v) is 9.15. The largest absolute Gasteiger partial charge is 0.350 e. The summed E-state index contributed by atoms with van der Waals surface area (Å²) in [4.78, 5) is 33.9. The summed E-state index contributed by atoms with van der Waals surface area (Å²) in [5.74, 6) is 0.874. The zero-order valence-electron chi connectivity index (χ0n) is 20.3. The number of nitrogens with one attached hydrogen (secondary N) is 2. The van der Waals surface area contributed by atoms with Gasteiger partial charge in [-0.25, -0.2) is 9.78 Å². The summed E-state index contributed by atoms with van der Waals surface area (Å²) >= 11 is 0. The number of benzene rings is 2. The highest BCUT2D eigenvalue weighted by molar-refractivity contribution is 5.97. The molecule has 0 aliphatic carbocycles. The Morgan fingerprint density at radius 1 is 1.03 bits per heavy atom. The van der Waals surface area contributed by atoms with E-state index in [1.807, 2.05) is 62.2 Å². The Bertz CT molecular complexity index is 1130. The van der Waals surface area contributed by atoms with Crippen molar-refractivity contribution in [1.82, 2.24) is 30.0 Å². The maximum absolute atomic E-state index is 12.5. The zero-order valence-corrected chi connectivity index (χ0v) is 20.3. The van der Waals surface area contributed by atoms with Gasteiger partial charge in [-0.05, 0) is 44.0 Å². The van der Waals surface area contributed by atoms with E-state index in [9.17, 15) is 9.59 Å². The number of amides is 3. The van der Waals surface area contributed by atoms with Gasteiger partial charge < -0.3 is 20.1 Å². The Morgan fingerprint density at radius 2 is 1.76 bits per heavy atom. The molecule has 0 radical (unpaired) electrons. The Hall–Kier alpha value is -3.39. The summed E-state index contributed by atoms with van der Waals surface area (Å²) in [6.45, 7) is 8.24. The first-order valence-electron chi connectivity index (χ1n) is 12.0. The first-order chi connectivity index (χ1) is 16.4. The minimum atomic E-state index is -0.0812. The highest BCUT2D eigenvalue weighted by Crippen LogP contribution is 2.19. The number of carbonyl (C=O) groups excluding carboxylic acids is 2. The van der Waals surface area contributed by atoms with Crippen LogP contribution in [0.2, 0.25) is 0 Å². The maximum atomic E-state index is 12.5. The topological polar surface area (TPSA) is 82.5 Å². The average Bonchev–Trinajstić information content (AvgIpc) is 3.14. The van der Waals surface area contributed by atoms with Crippen LogP contribution in [0.5, 0.6) is 0 Å². The van der Waals surface area contributed by atoms with E-state index < -0.39 is 0 Å². The number of rotatable bonds is 7. The van der Waals surface area contributed by atoms with Crippen LogP contribution in [0.15, 0.2) is 48.5 Å². The zero-order chi connectivity index (χ0) is 24.1. The van der Waals surface area contributed by atoms with Crippen molar-refractivity contribution in [3.8, 4) is 0 Å². The lowest BCUT2D eigenvalue weighted by Crippen LogP contribution is -2.51. The molecule has 34 heavy (non-hydrogen) atoms. The van der Waals surface area contributed by atoms with E-state index in [4.69, 9.17) is 4.98 Å². The summed E-state index contributed by atoms with van der Waals surface area (Å²) in [6.07, 6.45) is 0.833. The van der Waals surface area contributed by atoms with Crippen LogP contribution in [0.1, 0.15) is 35.6 Å². The standard InChI is InChI=1S/C26H34N6O2/c1-19(2)28-25(33)21-9-10-23-22(17-21)29-24(30(23)3)18-31-13-15-32(16-14-31)26(34)27-12-11-20-7-5-4-6-8-20/h4-10,17,19H,11-16,18H2,1-3H3,(H,27,34)(H,28,33). The quantitative estimate of drug-likeness (QED) is 0.566. The molecule has 1 aliphatic heterocycles. The summed E-state index contributed by atoms with van der Waals surface area (Å²) in [5.41, 5.74) is 3.68. The van der Waals surface area contributed by atoms with Crippen molar-refractivity contribution >= 4 is 23.0 Å². The number of fused-ring (bicyclic) bond motifs is 1. The van der Waals surface area contributed by atoms with Gasteiger partial charge in [-0.15, -0.1) is 0 Å². The number of carbonyl (C=O) groups is 2. The van der Waals surface area contributed by atoms with Crippen molar-refractivity contribution in [2.75, 3.05) is 32.7 Å². The SMILES string of the molecule is CC(C)NC(=O)c1ccc2c(c1)nc(CN1CCN(C(=O)NCCc3ccccc3)CC1)n2C. The molecule has 0 bridgehead atoms.